The van der Waals surface area contributed by atoms with Crippen LogP contribution in [0.4, 0.5) is 17.3 Å². The van der Waals surface area contributed by atoms with Gasteiger partial charge in [0, 0.05) is 79.6 Å². The van der Waals surface area contributed by atoms with Crippen LogP contribution >= 0.6 is 0 Å². The highest BCUT2D eigenvalue weighted by atomic mass is 16.7. The maximum atomic E-state index is 12.5. The molecule has 0 aliphatic carbocycles. The number of amides is 1. The number of hydrogen-bond acceptors (Lipinski definition) is 9. The summed E-state index contributed by atoms with van der Waals surface area (Å²) in [6, 6.07) is 18.4. The monoisotopic (exact) mass is 660 g/mol. The summed E-state index contributed by atoms with van der Waals surface area (Å²) in [5.74, 6) is 1.48. The van der Waals surface area contributed by atoms with E-state index in [0.717, 1.165) is 82.1 Å². The van der Waals surface area contributed by atoms with Crippen molar-refractivity contribution in [2.75, 3.05) is 62.5 Å². The van der Waals surface area contributed by atoms with Crippen LogP contribution in [0, 0.1) is 0 Å². The summed E-state index contributed by atoms with van der Waals surface area (Å²) in [5.41, 5.74) is 5.74. The molecule has 49 heavy (non-hydrogen) atoms. The van der Waals surface area contributed by atoms with E-state index in [1.54, 1.807) is 6.08 Å². The van der Waals surface area contributed by atoms with Crippen molar-refractivity contribution >= 4 is 39.6 Å². The predicted molar refractivity (Wildman–Crippen MR) is 194 cm³/mol. The van der Waals surface area contributed by atoms with Crippen LogP contribution in [0.1, 0.15) is 43.7 Å². The summed E-state index contributed by atoms with van der Waals surface area (Å²) in [5, 5.41) is 13.4. The summed E-state index contributed by atoms with van der Waals surface area (Å²) in [6.07, 6.45) is 8.79. The number of pyridine rings is 1. The molecule has 7 rings (SSSR count). The molecule has 5 heterocycles. The molecule has 0 radical (unpaired) electrons. The molecular weight excluding hydrogens is 616 g/mol. The number of ether oxygens (including phenoxy) is 2. The maximum Gasteiger partial charge on any atom is 0.248 e. The Labute approximate surface area is 286 Å². The molecule has 0 bridgehead atoms. The summed E-state index contributed by atoms with van der Waals surface area (Å²) < 4.78 is 13.9. The van der Waals surface area contributed by atoms with Gasteiger partial charge in [-0.05, 0) is 49.2 Å². The first kappa shape index (κ1) is 32.7. The summed E-state index contributed by atoms with van der Waals surface area (Å²) in [4.78, 5) is 26.8. The summed E-state index contributed by atoms with van der Waals surface area (Å²) in [6.45, 7) is 8.54. The molecule has 2 saturated heterocycles. The highest BCUT2D eigenvalue weighted by molar-refractivity contribution is 6.02. The van der Waals surface area contributed by atoms with Gasteiger partial charge in [-0.15, -0.1) is 0 Å². The topological polar surface area (TPSA) is 109 Å². The Morgan fingerprint density at radius 3 is 2.63 bits per heavy atom. The molecule has 254 valence electrons. The third-order valence-electron chi connectivity index (χ3n) is 9.27. The third kappa shape index (κ3) is 7.01. The second-order valence-electron chi connectivity index (χ2n) is 13.3. The van der Waals surface area contributed by atoms with E-state index in [1.807, 2.05) is 72.3 Å². The predicted octanol–water partition coefficient (Wildman–Crippen LogP) is 6.08. The lowest BCUT2D eigenvalue weighted by Gasteiger charge is -2.38. The SMILES string of the molecule is CC(C)c1cnn2c(NCc3ccccc3-c3nccc4cc(NC(=O)/C=C/CN(C)C)ccc34)cc(N3CCC4(CC3)OCCO4)nc12. The van der Waals surface area contributed by atoms with Crippen LogP contribution in [0.3, 0.4) is 0 Å². The second kappa shape index (κ2) is 13.9. The number of carbonyl (C=O) groups excluding carboxylic acids is 1. The fourth-order valence-electron chi connectivity index (χ4n) is 6.64. The number of nitrogens with one attached hydrogen (secondary N) is 2. The lowest BCUT2D eigenvalue weighted by molar-refractivity contribution is -0.169. The molecule has 0 atom stereocenters. The molecule has 2 aliphatic heterocycles. The normalized spacial score (nSPS) is 16.2. The molecule has 2 aliphatic rings. The van der Waals surface area contributed by atoms with Crippen molar-refractivity contribution in [1.82, 2.24) is 24.5 Å². The maximum absolute atomic E-state index is 12.5. The van der Waals surface area contributed by atoms with Crippen molar-refractivity contribution in [1.29, 1.82) is 0 Å². The molecule has 1 spiro atoms. The van der Waals surface area contributed by atoms with Gasteiger partial charge in [-0.2, -0.15) is 9.61 Å². The number of aromatic nitrogens is 4. The van der Waals surface area contributed by atoms with Gasteiger partial charge in [0.1, 0.15) is 11.6 Å². The number of piperidine rings is 1. The molecule has 2 N–H and O–H groups in total. The van der Waals surface area contributed by atoms with Crippen molar-refractivity contribution in [2.24, 2.45) is 0 Å². The third-order valence-corrected chi connectivity index (χ3v) is 9.27. The van der Waals surface area contributed by atoms with E-state index >= 15 is 0 Å². The number of fused-ring (bicyclic) bond motifs is 2. The Morgan fingerprint density at radius 1 is 1.06 bits per heavy atom. The quantitative estimate of drug-likeness (QED) is 0.172. The molecule has 11 nitrogen and oxygen atoms in total. The van der Waals surface area contributed by atoms with Crippen molar-refractivity contribution in [2.45, 2.75) is 44.9 Å². The standard InChI is InChI=1S/C38H44N8O3/c1-26(2)32-25-41-46-33(23-34(43-37(32)46)45-18-14-38(15-19-45)48-20-21-49-38)40-24-28-8-5-6-9-30(28)36-31-12-11-29(22-27(31)13-16-39-36)42-35(47)10-7-17-44(3)4/h5-13,16,22-23,25-26,40H,14-15,17-21,24H2,1-4H3,(H,42,47)/b10-7+. The van der Waals surface area contributed by atoms with Gasteiger partial charge in [-0.1, -0.05) is 50.3 Å². The van der Waals surface area contributed by atoms with Crippen LogP contribution < -0.4 is 15.5 Å². The molecule has 3 aromatic heterocycles. The van der Waals surface area contributed by atoms with Gasteiger partial charge < -0.3 is 29.9 Å². The first-order valence-corrected chi connectivity index (χ1v) is 17.0. The zero-order valence-corrected chi connectivity index (χ0v) is 28.6. The van der Waals surface area contributed by atoms with Crippen LogP contribution in [0.2, 0.25) is 0 Å². The largest absolute Gasteiger partial charge is 0.366 e. The van der Waals surface area contributed by atoms with Crippen molar-refractivity contribution in [3.8, 4) is 11.3 Å². The van der Waals surface area contributed by atoms with E-state index in [2.05, 4.69) is 53.6 Å². The van der Waals surface area contributed by atoms with Crippen LogP contribution in [0.15, 0.2) is 79.1 Å². The fourth-order valence-corrected chi connectivity index (χ4v) is 6.64. The Hall–Kier alpha value is -4.84. The van der Waals surface area contributed by atoms with E-state index in [-0.39, 0.29) is 11.8 Å². The van der Waals surface area contributed by atoms with Crippen molar-refractivity contribution in [3.05, 3.63) is 90.3 Å². The molecular formula is C38H44N8O3. The van der Waals surface area contributed by atoms with Gasteiger partial charge in [0.15, 0.2) is 11.4 Å². The van der Waals surface area contributed by atoms with E-state index in [0.29, 0.717) is 26.3 Å². The zero-order chi connectivity index (χ0) is 34.0. The average molecular weight is 661 g/mol. The smallest absolute Gasteiger partial charge is 0.248 e. The molecule has 5 aromatic rings. The van der Waals surface area contributed by atoms with Gasteiger partial charge in [-0.25, -0.2) is 4.98 Å². The lowest BCUT2D eigenvalue weighted by Crippen LogP contribution is -2.45. The van der Waals surface area contributed by atoms with E-state index in [1.165, 1.54) is 0 Å². The minimum atomic E-state index is -0.445. The number of rotatable bonds is 10. The van der Waals surface area contributed by atoms with Gasteiger partial charge >= 0.3 is 0 Å². The van der Waals surface area contributed by atoms with E-state index in [4.69, 9.17) is 24.5 Å². The lowest BCUT2D eigenvalue weighted by atomic mass is 9.99. The first-order chi connectivity index (χ1) is 23.8. The highest BCUT2D eigenvalue weighted by Crippen LogP contribution is 2.35. The number of carbonyl (C=O) groups is 1. The first-order valence-electron chi connectivity index (χ1n) is 17.0. The number of anilines is 3. The molecule has 0 unspecified atom stereocenters. The summed E-state index contributed by atoms with van der Waals surface area (Å²) in [7, 11) is 3.93. The molecule has 11 heteroatoms. The van der Waals surface area contributed by atoms with Gasteiger partial charge in [0.05, 0.1) is 25.1 Å². The van der Waals surface area contributed by atoms with Gasteiger partial charge in [-0.3, -0.25) is 9.78 Å². The van der Waals surface area contributed by atoms with E-state index < -0.39 is 5.79 Å². The Kier molecular flexibility index (Phi) is 9.31. The second-order valence-corrected chi connectivity index (χ2v) is 13.3. The average Bonchev–Trinajstić information content (AvgIpc) is 3.75. The number of hydrogen-bond donors (Lipinski definition) is 2. The zero-order valence-electron chi connectivity index (χ0n) is 28.6. The number of benzene rings is 2. The number of likely N-dealkylation sites (N-methyl/N-ethyl adjacent to an activating group) is 1. The molecule has 2 aromatic carbocycles. The van der Waals surface area contributed by atoms with Crippen LogP contribution in [-0.2, 0) is 20.8 Å². The molecule has 1 amide bonds. The highest BCUT2D eigenvalue weighted by Gasteiger charge is 2.40. The Morgan fingerprint density at radius 2 is 1.86 bits per heavy atom. The minimum absolute atomic E-state index is 0.154. The van der Waals surface area contributed by atoms with Crippen LogP contribution in [0.25, 0.3) is 27.7 Å². The van der Waals surface area contributed by atoms with E-state index in [9.17, 15) is 4.79 Å². The van der Waals surface area contributed by atoms with Crippen molar-refractivity contribution < 1.29 is 14.3 Å². The summed E-state index contributed by atoms with van der Waals surface area (Å²) >= 11 is 0. The van der Waals surface area contributed by atoms with Crippen molar-refractivity contribution in [3.63, 3.8) is 0 Å². The fraction of sp³-hybridized carbons (Fsp3) is 0.368. The van der Waals surface area contributed by atoms with Crippen LogP contribution in [-0.4, -0.2) is 83.1 Å². The van der Waals surface area contributed by atoms with Gasteiger partial charge in [0.25, 0.3) is 0 Å². The molecule has 0 saturated carbocycles. The number of nitrogens with zero attached hydrogens (tertiary/aromatic N) is 6. The Balaban J connectivity index is 1.15. The molecule has 2 fully saturated rings. The van der Waals surface area contributed by atoms with Crippen LogP contribution in [0.5, 0.6) is 0 Å². The Bertz CT molecular complexity index is 1990. The van der Waals surface area contributed by atoms with Gasteiger partial charge in [0.2, 0.25) is 5.91 Å². The minimum Gasteiger partial charge on any atom is -0.366 e.